The summed E-state index contributed by atoms with van der Waals surface area (Å²) in [6, 6.07) is 44.3. The number of fused-ring (bicyclic) bond motifs is 8. The lowest BCUT2D eigenvalue weighted by molar-refractivity contribution is -0.527. The van der Waals surface area contributed by atoms with Crippen molar-refractivity contribution in [3.63, 3.8) is 0 Å². The van der Waals surface area contributed by atoms with E-state index in [0.29, 0.717) is 0 Å². The van der Waals surface area contributed by atoms with E-state index in [1.54, 1.807) is 0 Å². The maximum atomic E-state index is 2.59. The van der Waals surface area contributed by atoms with Crippen LogP contribution in [0.4, 0.5) is 11.4 Å². The Morgan fingerprint density at radius 1 is 0.650 bits per heavy atom. The summed E-state index contributed by atoms with van der Waals surface area (Å²) in [5.74, 6) is 1.37. The molecule has 0 saturated carbocycles. The lowest BCUT2D eigenvalue weighted by Gasteiger charge is -2.32. The number of hydrogen-bond acceptors (Lipinski definition) is 1. The third-order valence-corrected chi connectivity index (χ3v) is 8.73. The van der Waals surface area contributed by atoms with Crippen LogP contribution in [0.2, 0.25) is 0 Å². The van der Waals surface area contributed by atoms with Crippen LogP contribution in [0.25, 0.3) is 33.6 Å². The van der Waals surface area contributed by atoms with Gasteiger partial charge in [0.2, 0.25) is 0 Å². The van der Waals surface area contributed by atoms with Crippen LogP contribution < -0.4 is 9.29 Å². The summed E-state index contributed by atoms with van der Waals surface area (Å²) in [6.07, 6.45) is 4.48. The zero-order chi connectivity index (χ0) is 26.8. The first kappa shape index (κ1) is 23.1. The number of aryl methyl sites for hydroxylation is 2. The Bertz CT molecular complexity index is 1830. The van der Waals surface area contributed by atoms with Crippen molar-refractivity contribution in [2.75, 3.05) is 4.81 Å². The molecule has 1 atom stereocenters. The van der Waals surface area contributed by atoms with Crippen LogP contribution in [0.5, 0.6) is 0 Å². The molecule has 6 aromatic rings. The van der Waals surface area contributed by atoms with Gasteiger partial charge < -0.3 is 4.81 Å². The number of aromatic nitrogens is 2. The molecule has 0 spiro atoms. The lowest BCUT2D eigenvalue weighted by atomic mass is 9.55. The van der Waals surface area contributed by atoms with Crippen molar-refractivity contribution in [2.45, 2.75) is 12.7 Å². The molecule has 5 aromatic carbocycles. The first-order valence-corrected chi connectivity index (χ1v) is 14.0. The van der Waals surface area contributed by atoms with Crippen molar-refractivity contribution in [2.24, 2.45) is 7.05 Å². The smallest absolute Gasteiger partial charge is 0.342 e. The van der Waals surface area contributed by atoms with Crippen molar-refractivity contribution in [1.82, 2.24) is 4.57 Å². The van der Waals surface area contributed by atoms with E-state index in [1.807, 2.05) is 0 Å². The Morgan fingerprint density at radius 3 is 1.95 bits per heavy atom. The maximum absolute atomic E-state index is 2.59. The summed E-state index contributed by atoms with van der Waals surface area (Å²) in [5, 5.41) is 0. The van der Waals surface area contributed by atoms with E-state index in [-0.39, 0.29) is 12.8 Å². The molecule has 190 valence electrons. The van der Waals surface area contributed by atoms with Gasteiger partial charge in [-0.25, -0.2) is 4.57 Å². The molecular formula is C36H29BN3+. The highest BCUT2D eigenvalue weighted by Crippen LogP contribution is 2.53. The number of anilines is 2. The van der Waals surface area contributed by atoms with Gasteiger partial charge in [-0.05, 0) is 58.0 Å². The van der Waals surface area contributed by atoms with Gasteiger partial charge in [-0.1, -0.05) is 109 Å². The molecule has 0 N–H and O–H groups in total. The minimum absolute atomic E-state index is 0.0650. The molecule has 4 heteroatoms. The maximum Gasteiger partial charge on any atom is 0.518 e. The molecule has 0 saturated heterocycles. The Labute approximate surface area is 235 Å². The molecule has 2 aliphatic heterocycles. The molecule has 8 rings (SSSR count). The highest BCUT2D eigenvalue weighted by atomic mass is 15.3. The van der Waals surface area contributed by atoms with Crippen molar-refractivity contribution in [3.8, 4) is 33.6 Å². The topological polar surface area (TPSA) is 12.0 Å². The van der Waals surface area contributed by atoms with Crippen molar-refractivity contribution in [1.29, 1.82) is 0 Å². The number of nitrogens with zero attached hydrogens (tertiary/aromatic N) is 3. The quantitative estimate of drug-likeness (QED) is 0.220. The van der Waals surface area contributed by atoms with E-state index < -0.39 is 0 Å². The van der Waals surface area contributed by atoms with E-state index in [1.165, 1.54) is 61.7 Å². The summed E-state index contributed by atoms with van der Waals surface area (Å²) >= 11 is 0. The molecule has 0 amide bonds. The molecule has 1 unspecified atom stereocenters. The largest absolute Gasteiger partial charge is 0.518 e. The Hall–Kier alpha value is -4.83. The van der Waals surface area contributed by atoms with E-state index in [4.69, 9.17) is 0 Å². The summed E-state index contributed by atoms with van der Waals surface area (Å²) < 4.78 is 4.79. The lowest BCUT2D eigenvalue weighted by Crippen LogP contribution is -2.64. The number of hydrogen-bond donors (Lipinski definition) is 0. The van der Waals surface area contributed by atoms with Gasteiger partial charge in [0.05, 0.1) is 18.4 Å². The fraction of sp³-hybridized carbons (Fsp3) is 0.0833. The van der Waals surface area contributed by atoms with Gasteiger partial charge in [0.1, 0.15) is 12.4 Å². The molecule has 0 fully saturated rings. The normalized spacial score (nSPS) is 14.9. The fourth-order valence-corrected chi connectivity index (χ4v) is 7.08. The standard InChI is InChI=1S/C36H29BN3/c1-25-13-11-22-32-33(25)36-38(2)23-24-39(36)37-35(30-18-9-10-21-31(30)40(32)37)34-28(26-14-5-3-6-15-26)19-12-20-29(34)27-16-7-4-8-17-27/h3-24,35H,1-2H3/q+1. The monoisotopic (exact) mass is 514 g/mol. The summed E-state index contributed by atoms with van der Waals surface area (Å²) in [4.78, 5) is 2.59. The zero-order valence-corrected chi connectivity index (χ0v) is 22.7. The van der Waals surface area contributed by atoms with Crippen LogP contribution in [0, 0.1) is 6.92 Å². The molecule has 0 aliphatic carbocycles. The number of para-hydroxylation sites is 1. The van der Waals surface area contributed by atoms with Crippen molar-refractivity contribution < 1.29 is 4.48 Å². The van der Waals surface area contributed by atoms with Crippen LogP contribution in [-0.4, -0.2) is 11.5 Å². The van der Waals surface area contributed by atoms with Crippen LogP contribution in [-0.2, 0) is 7.05 Å². The van der Waals surface area contributed by atoms with Gasteiger partial charge >= 0.3 is 6.98 Å². The third-order valence-electron chi connectivity index (χ3n) is 8.73. The van der Waals surface area contributed by atoms with Gasteiger partial charge in [0.15, 0.2) is 0 Å². The first-order valence-electron chi connectivity index (χ1n) is 14.0. The van der Waals surface area contributed by atoms with Crippen molar-refractivity contribution >= 4 is 18.4 Å². The van der Waals surface area contributed by atoms with Gasteiger partial charge in [-0.3, -0.25) is 4.48 Å². The van der Waals surface area contributed by atoms with Crippen LogP contribution in [0.3, 0.4) is 0 Å². The van der Waals surface area contributed by atoms with E-state index in [2.05, 4.69) is 162 Å². The molecule has 40 heavy (non-hydrogen) atoms. The third kappa shape index (κ3) is 3.23. The SMILES string of the molecule is Cc1cccc2c1-c1n(C)cc[n+]1B1C(c3c(-c4ccccc4)cccc3-c3ccccc3)c3ccccc3N12. The second-order valence-corrected chi connectivity index (χ2v) is 10.9. The van der Waals surface area contributed by atoms with Gasteiger partial charge in [-0.15, -0.1) is 0 Å². The zero-order valence-electron chi connectivity index (χ0n) is 22.7. The van der Waals surface area contributed by atoms with Crippen LogP contribution >= 0.6 is 0 Å². The molecule has 3 heterocycles. The van der Waals surface area contributed by atoms with E-state index >= 15 is 0 Å². The molecule has 2 aliphatic rings. The Kier molecular flexibility index (Phi) is 5.11. The predicted octanol–water partition coefficient (Wildman–Crippen LogP) is 7.79. The van der Waals surface area contributed by atoms with Crippen LogP contribution in [0.15, 0.2) is 134 Å². The Balaban J connectivity index is 1.48. The second kappa shape index (κ2) is 8.85. The molecular weight excluding hydrogens is 485 g/mol. The fourth-order valence-electron chi connectivity index (χ4n) is 7.08. The predicted molar refractivity (Wildman–Crippen MR) is 165 cm³/mol. The molecule has 0 radical (unpaired) electrons. The number of imidazole rings is 1. The van der Waals surface area contributed by atoms with E-state index in [9.17, 15) is 0 Å². The number of benzene rings is 5. The van der Waals surface area contributed by atoms with Gasteiger partial charge in [0.25, 0.3) is 5.82 Å². The van der Waals surface area contributed by atoms with Crippen LogP contribution in [0.1, 0.15) is 22.5 Å². The highest BCUT2D eigenvalue weighted by molar-refractivity contribution is 6.62. The van der Waals surface area contributed by atoms with Gasteiger partial charge in [0, 0.05) is 11.4 Å². The number of rotatable bonds is 3. The first-order chi connectivity index (χ1) is 19.7. The average Bonchev–Trinajstić information content (AvgIpc) is 3.56. The van der Waals surface area contributed by atoms with Crippen molar-refractivity contribution in [3.05, 3.63) is 150 Å². The minimum Gasteiger partial charge on any atom is -0.342 e. The van der Waals surface area contributed by atoms with E-state index in [0.717, 1.165) is 0 Å². The molecule has 1 aromatic heterocycles. The summed E-state index contributed by atoms with van der Waals surface area (Å²) in [5.41, 5.74) is 13.0. The highest BCUT2D eigenvalue weighted by Gasteiger charge is 2.56. The second-order valence-electron chi connectivity index (χ2n) is 10.9. The summed E-state index contributed by atoms with van der Waals surface area (Å²) in [6.45, 7) is 2.30. The summed E-state index contributed by atoms with van der Waals surface area (Å²) in [7, 11) is 2.17. The minimum atomic E-state index is 0.0650. The average molecular weight is 514 g/mol. The van der Waals surface area contributed by atoms with Gasteiger partial charge in [-0.2, -0.15) is 0 Å². The Morgan fingerprint density at radius 2 is 1.25 bits per heavy atom. The molecule has 3 nitrogen and oxygen atoms in total. The molecule has 0 bridgehead atoms.